The molecule has 3 aliphatic rings. The van der Waals surface area contributed by atoms with Crippen LogP contribution in [0.5, 0.6) is 5.75 Å². The van der Waals surface area contributed by atoms with Gasteiger partial charge in [0.15, 0.2) is 5.78 Å². The number of H-pyrrole nitrogens is 1. The number of fused-ring (bicyclic) bond motifs is 2. The topological polar surface area (TPSA) is 141 Å². The lowest BCUT2D eigenvalue weighted by molar-refractivity contribution is -0.134. The number of ketones is 1. The lowest BCUT2D eigenvalue weighted by atomic mass is 9.85. The molecule has 5 rings (SSSR count). The highest BCUT2D eigenvalue weighted by atomic mass is 16.5. The number of carbonyl (C=O) groups is 4. The van der Waals surface area contributed by atoms with E-state index in [1.807, 2.05) is 25.1 Å². The first-order chi connectivity index (χ1) is 18.3. The Balaban J connectivity index is 1.38. The van der Waals surface area contributed by atoms with Crippen LogP contribution in [-0.2, 0) is 14.4 Å². The summed E-state index contributed by atoms with van der Waals surface area (Å²) in [5, 5.41) is 16.1. The molecule has 3 heterocycles. The second kappa shape index (κ2) is 10.8. The molecular weight excluding hydrogens is 488 g/mol. The van der Waals surface area contributed by atoms with Crippen LogP contribution in [0.1, 0.15) is 49.5 Å². The van der Waals surface area contributed by atoms with Crippen molar-refractivity contribution in [3.8, 4) is 5.75 Å². The van der Waals surface area contributed by atoms with Crippen LogP contribution in [-0.4, -0.2) is 77.4 Å². The zero-order valence-electron chi connectivity index (χ0n) is 21.9. The van der Waals surface area contributed by atoms with Crippen molar-refractivity contribution in [2.75, 3.05) is 26.8 Å². The number of hydrogen-bond donors (Lipinski definition) is 4. The molecule has 6 unspecified atom stereocenters. The highest BCUT2D eigenvalue weighted by molar-refractivity contribution is 6.02. The number of likely N-dealkylation sites (tertiary alicyclic amines) is 1. The minimum absolute atomic E-state index is 0.000689. The van der Waals surface area contributed by atoms with E-state index in [0.717, 1.165) is 30.2 Å². The zero-order valence-corrected chi connectivity index (χ0v) is 21.9. The number of aliphatic hydroxyl groups is 1. The number of nitrogens with one attached hydrogen (secondary N) is 3. The average Bonchev–Trinajstić information content (AvgIpc) is 3.63. The fourth-order valence-electron chi connectivity index (χ4n) is 6.65. The lowest BCUT2D eigenvalue weighted by Crippen LogP contribution is -2.54. The van der Waals surface area contributed by atoms with E-state index in [4.69, 9.17) is 4.74 Å². The Bertz CT molecular complexity index is 1240. The van der Waals surface area contributed by atoms with Gasteiger partial charge in [0.25, 0.3) is 5.91 Å². The number of nitrogens with zero attached hydrogens (tertiary/aromatic N) is 1. The third-order valence-corrected chi connectivity index (χ3v) is 8.56. The van der Waals surface area contributed by atoms with E-state index >= 15 is 0 Å². The molecule has 1 aromatic carbocycles. The molecule has 0 bridgehead atoms. The Kier molecular flexibility index (Phi) is 7.43. The maximum Gasteiger partial charge on any atom is 0.271 e. The highest BCUT2D eigenvalue weighted by Gasteiger charge is 2.50. The molecule has 0 radical (unpaired) electrons. The molecule has 3 amide bonds. The number of hydrogen-bond acceptors (Lipinski definition) is 6. The number of piperidine rings is 1. The molecule has 2 aliphatic heterocycles. The third-order valence-electron chi connectivity index (χ3n) is 8.56. The normalized spacial score (nSPS) is 27.6. The molecule has 2 aromatic rings. The summed E-state index contributed by atoms with van der Waals surface area (Å²) in [7, 11) is 1.58. The molecule has 0 spiro atoms. The summed E-state index contributed by atoms with van der Waals surface area (Å²) < 4.78 is 5.43. The van der Waals surface area contributed by atoms with Gasteiger partial charge in [-0.3, -0.25) is 19.2 Å². The van der Waals surface area contributed by atoms with Crippen LogP contribution in [0.2, 0.25) is 0 Å². The largest absolute Gasteiger partial charge is 0.496 e. The number of methoxy groups -OCH3 is 1. The first-order valence-electron chi connectivity index (χ1n) is 13.5. The molecule has 6 atom stereocenters. The number of benzene rings is 1. The molecule has 1 aliphatic carbocycles. The Hall–Kier alpha value is -3.40. The fraction of sp³-hybridized carbons (Fsp3) is 0.571. The van der Waals surface area contributed by atoms with E-state index in [1.54, 1.807) is 18.1 Å². The van der Waals surface area contributed by atoms with E-state index in [-0.39, 0.29) is 36.0 Å². The van der Waals surface area contributed by atoms with Gasteiger partial charge in [-0.2, -0.15) is 0 Å². The first-order valence-corrected chi connectivity index (χ1v) is 13.5. The molecule has 204 valence electrons. The minimum atomic E-state index is -0.997. The Morgan fingerprint density at radius 2 is 2.08 bits per heavy atom. The molecule has 10 heteroatoms. The summed E-state index contributed by atoms with van der Waals surface area (Å²) >= 11 is 0. The second-order valence-electron chi connectivity index (χ2n) is 11.1. The van der Waals surface area contributed by atoms with Gasteiger partial charge in [0.1, 0.15) is 24.1 Å². The lowest BCUT2D eigenvalue weighted by Gasteiger charge is -2.31. The van der Waals surface area contributed by atoms with Crippen LogP contribution in [0.4, 0.5) is 0 Å². The number of carbonyl (C=O) groups excluding carboxylic acids is 4. The van der Waals surface area contributed by atoms with Gasteiger partial charge in [-0.1, -0.05) is 19.4 Å². The summed E-state index contributed by atoms with van der Waals surface area (Å²) in [6, 6.07) is 5.56. The maximum absolute atomic E-state index is 13.8. The minimum Gasteiger partial charge on any atom is -0.496 e. The SMILES string of the molecule is COc1cccc2[nH]c(C(=O)N3CC4CCCC4C3C(=O)NC(CC3CC(C)CNC3=O)C(=O)CO)cc12. The maximum atomic E-state index is 13.8. The number of aromatic amines is 1. The molecule has 10 nitrogen and oxygen atoms in total. The standard InChI is InChI=1S/C28H36N4O6/c1-15-9-17(26(35)29-12-15)10-21(23(34)14-33)31-27(36)25-18-6-3-5-16(18)13-32(25)28(37)22-11-19-20(30-22)7-4-8-24(19)38-2/h4,7-8,11,15-18,21,25,30,33H,3,5-6,9-10,12-14H2,1-2H3,(H,29,35)(H,31,36). The van der Waals surface area contributed by atoms with Crippen LogP contribution in [0.3, 0.4) is 0 Å². The Morgan fingerprint density at radius 1 is 1.26 bits per heavy atom. The molecule has 4 N–H and O–H groups in total. The second-order valence-corrected chi connectivity index (χ2v) is 11.1. The Labute approximate surface area is 221 Å². The van der Waals surface area contributed by atoms with Crippen molar-refractivity contribution in [3.05, 3.63) is 30.0 Å². The van der Waals surface area contributed by atoms with Gasteiger partial charge >= 0.3 is 0 Å². The van der Waals surface area contributed by atoms with Crippen molar-refractivity contribution in [3.63, 3.8) is 0 Å². The monoisotopic (exact) mass is 524 g/mol. The quantitative estimate of drug-likeness (QED) is 0.414. The average molecular weight is 525 g/mol. The third kappa shape index (κ3) is 4.89. The van der Waals surface area contributed by atoms with Crippen molar-refractivity contribution < 1.29 is 29.0 Å². The predicted molar refractivity (Wildman–Crippen MR) is 139 cm³/mol. The van der Waals surface area contributed by atoms with Gasteiger partial charge in [0.2, 0.25) is 11.8 Å². The molecule has 3 fully saturated rings. The van der Waals surface area contributed by atoms with Gasteiger partial charge in [-0.05, 0) is 61.6 Å². The van der Waals surface area contributed by atoms with Crippen LogP contribution in [0, 0.1) is 23.7 Å². The van der Waals surface area contributed by atoms with Gasteiger partial charge < -0.3 is 30.4 Å². The summed E-state index contributed by atoms with van der Waals surface area (Å²) in [5.41, 5.74) is 1.14. The molecule has 1 aromatic heterocycles. The van der Waals surface area contributed by atoms with Crippen LogP contribution in [0.25, 0.3) is 10.9 Å². The van der Waals surface area contributed by atoms with E-state index in [9.17, 15) is 24.3 Å². The van der Waals surface area contributed by atoms with Crippen LogP contribution >= 0.6 is 0 Å². The number of amides is 3. The van der Waals surface area contributed by atoms with E-state index < -0.39 is 36.3 Å². The summed E-state index contributed by atoms with van der Waals surface area (Å²) in [5.74, 6) is -0.664. The fourth-order valence-corrected chi connectivity index (χ4v) is 6.65. The number of rotatable bonds is 8. The van der Waals surface area contributed by atoms with Gasteiger partial charge in [0, 0.05) is 29.9 Å². The van der Waals surface area contributed by atoms with Crippen molar-refractivity contribution in [1.29, 1.82) is 0 Å². The number of aliphatic hydroxyl groups excluding tert-OH is 1. The number of ether oxygens (including phenoxy) is 1. The summed E-state index contributed by atoms with van der Waals surface area (Å²) in [6.07, 6.45) is 3.49. The molecule has 2 saturated heterocycles. The van der Waals surface area contributed by atoms with Crippen molar-refractivity contribution in [2.24, 2.45) is 23.7 Å². The van der Waals surface area contributed by atoms with Gasteiger partial charge in [-0.25, -0.2) is 0 Å². The van der Waals surface area contributed by atoms with Crippen molar-refractivity contribution in [1.82, 2.24) is 20.5 Å². The predicted octanol–water partition coefficient (Wildman–Crippen LogP) is 1.63. The summed E-state index contributed by atoms with van der Waals surface area (Å²) in [4.78, 5) is 57.4. The molecule has 38 heavy (non-hydrogen) atoms. The number of Topliss-reactive ketones (excluding diaryl/α,β-unsaturated/α-hetero) is 1. The van der Waals surface area contributed by atoms with E-state index in [1.165, 1.54) is 0 Å². The number of aromatic nitrogens is 1. The van der Waals surface area contributed by atoms with Crippen molar-refractivity contribution >= 4 is 34.4 Å². The highest BCUT2D eigenvalue weighted by Crippen LogP contribution is 2.43. The molecule has 1 saturated carbocycles. The van der Waals surface area contributed by atoms with E-state index in [0.29, 0.717) is 31.0 Å². The van der Waals surface area contributed by atoms with Crippen LogP contribution < -0.4 is 15.4 Å². The van der Waals surface area contributed by atoms with Crippen molar-refractivity contribution in [2.45, 2.75) is 51.1 Å². The molecular formula is C28H36N4O6. The zero-order chi connectivity index (χ0) is 27.0. The van der Waals surface area contributed by atoms with Gasteiger partial charge in [0.05, 0.1) is 13.2 Å². The smallest absolute Gasteiger partial charge is 0.271 e. The van der Waals surface area contributed by atoms with Crippen LogP contribution in [0.15, 0.2) is 24.3 Å². The Morgan fingerprint density at radius 3 is 2.84 bits per heavy atom. The van der Waals surface area contributed by atoms with Gasteiger partial charge in [-0.15, -0.1) is 0 Å². The first kappa shape index (κ1) is 26.2. The summed E-state index contributed by atoms with van der Waals surface area (Å²) in [6.45, 7) is 2.35. The van der Waals surface area contributed by atoms with E-state index in [2.05, 4.69) is 15.6 Å².